The topological polar surface area (TPSA) is 36.0 Å². The van der Waals surface area contributed by atoms with E-state index < -0.39 is 5.60 Å². The molecule has 2 rings (SSSR count). The maximum absolute atomic E-state index is 9.80. The van der Waals surface area contributed by atoms with Gasteiger partial charge in [0.05, 0.1) is 5.60 Å². The van der Waals surface area contributed by atoms with Crippen LogP contribution in [-0.2, 0) is 5.60 Å². The summed E-state index contributed by atoms with van der Waals surface area (Å²) < 4.78 is 0. The van der Waals surface area contributed by atoms with Crippen LogP contribution in [0.25, 0.3) is 10.9 Å². The van der Waals surface area contributed by atoms with E-state index in [2.05, 4.69) is 4.98 Å². The minimum absolute atomic E-state index is 0.707. The maximum atomic E-state index is 9.80. The number of H-pyrrole nitrogens is 1. The third-order valence-corrected chi connectivity index (χ3v) is 2.48. The van der Waals surface area contributed by atoms with Crippen LogP contribution in [0.5, 0.6) is 0 Å². The summed E-state index contributed by atoms with van der Waals surface area (Å²) in [6.07, 6.45) is 0. The largest absolute Gasteiger partial charge is 0.384 e. The molecule has 0 aliphatic heterocycles. The molecule has 0 aliphatic carbocycles. The van der Waals surface area contributed by atoms with Gasteiger partial charge >= 0.3 is 0 Å². The molecule has 0 fully saturated rings. The molecule has 0 aliphatic rings. The van der Waals surface area contributed by atoms with Gasteiger partial charge < -0.3 is 10.1 Å². The Hall–Kier alpha value is -0.990. The van der Waals surface area contributed by atoms with Gasteiger partial charge in [-0.1, -0.05) is 11.6 Å². The maximum Gasteiger partial charge on any atom is 0.0987 e. The molecule has 2 nitrogen and oxygen atoms in total. The molecule has 2 aromatic rings. The number of rotatable bonds is 1. The highest BCUT2D eigenvalue weighted by atomic mass is 35.5. The van der Waals surface area contributed by atoms with Gasteiger partial charge in [0.1, 0.15) is 0 Å². The van der Waals surface area contributed by atoms with Gasteiger partial charge in [0.2, 0.25) is 0 Å². The molecule has 1 aromatic heterocycles. The molecule has 0 amide bonds. The van der Waals surface area contributed by atoms with Gasteiger partial charge in [0.15, 0.2) is 0 Å². The van der Waals surface area contributed by atoms with Crippen molar-refractivity contribution in [3.63, 3.8) is 0 Å². The van der Waals surface area contributed by atoms with E-state index in [9.17, 15) is 5.11 Å². The Morgan fingerprint density at radius 2 is 2.00 bits per heavy atom. The number of aliphatic hydroxyl groups is 1. The van der Waals surface area contributed by atoms with E-state index in [-0.39, 0.29) is 0 Å². The molecule has 0 atom stereocenters. The van der Waals surface area contributed by atoms with E-state index in [0.29, 0.717) is 5.02 Å². The molecule has 0 radical (unpaired) electrons. The quantitative estimate of drug-likeness (QED) is 0.744. The van der Waals surface area contributed by atoms with Crippen molar-refractivity contribution in [1.29, 1.82) is 0 Å². The van der Waals surface area contributed by atoms with E-state index in [1.54, 1.807) is 13.8 Å². The van der Waals surface area contributed by atoms with E-state index in [1.165, 1.54) is 0 Å². The molecule has 3 heteroatoms. The van der Waals surface area contributed by atoms with Gasteiger partial charge in [-0.05, 0) is 38.1 Å². The number of aromatic amines is 1. The zero-order valence-electron chi connectivity index (χ0n) is 8.13. The average Bonchev–Trinajstić information content (AvgIpc) is 2.45. The molecule has 2 N–H and O–H groups in total. The van der Waals surface area contributed by atoms with E-state index in [4.69, 9.17) is 11.6 Å². The van der Waals surface area contributed by atoms with Crippen molar-refractivity contribution in [2.24, 2.45) is 0 Å². The summed E-state index contributed by atoms with van der Waals surface area (Å²) in [7, 11) is 0. The van der Waals surface area contributed by atoms with Gasteiger partial charge in [-0.2, -0.15) is 0 Å². The van der Waals surface area contributed by atoms with Gasteiger partial charge in [-0.3, -0.25) is 0 Å². The lowest BCUT2D eigenvalue weighted by atomic mass is 10.1. The predicted octanol–water partition coefficient (Wildman–Crippen LogP) is 3.05. The molecular weight excluding hydrogens is 198 g/mol. The van der Waals surface area contributed by atoms with Crippen LogP contribution in [-0.4, -0.2) is 10.1 Å². The van der Waals surface area contributed by atoms with Crippen LogP contribution >= 0.6 is 11.6 Å². The summed E-state index contributed by atoms with van der Waals surface area (Å²) in [5, 5.41) is 11.5. The Morgan fingerprint density at radius 1 is 1.29 bits per heavy atom. The second-order valence-electron chi connectivity index (χ2n) is 3.97. The van der Waals surface area contributed by atoms with Crippen molar-refractivity contribution in [1.82, 2.24) is 4.98 Å². The summed E-state index contributed by atoms with van der Waals surface area (Å²) in [4.78, 5) is 3.15. The van der Waals surface area contributed by atoms with Crippen LogP contribution in [0.4, 0.5) is 0 Å². The monoisotopic (exact) mass is 209 g/mol. The van der Waals surface area contributed by atoms with E-state index in [0.717, 1.165) is 16.6 Å². The Morgan fingerprint density at radius 3 is 2.64 bits per heavy atom. The van der Waals surface area contributed by atoms with Gasteiger partial charge in [-0.15, -0.1) is 0 Å². The van der Waals surface area contributed by atoms with Crippen LogP contribution in [0.3, 0.4) is 0 Å². The van der Waals surface area contributed by atoms with Crippen LogP contribution in [0.1, 0.15) is 19.5 Å². The van der Waals surface area contributed by atoms with Crippen LogP contribution in [0.15, 0.2) is 24.3 Å². The number of aromatic nitrogens is 1. The molecule has 0 bridgehead atoms. The first-order chi connectivity index (χ1) is 6.47. The number of benzene rings is 1. The minimum atomic E-state index is -0.842. The number of hydrogen-bond donors (Lipinski definition) is 2. The zero-order chi connectivity index (χ0) is 10.3. The summed E-state index contributed by atoms with van der Waals surface area (Å²) >= 11 is 5.87. The van der Waals surface area contributed by atoms with Crippen molar-refractivity contribution in [2.45, 2.75) is 19.4 Å². The summed E-state index contributed by atoms with van der Waals surface area (Å²) in [5.74, 6) is 0. The lowest BCUT2D eigenvalue weighted by Gasteiger charge is -2.14. The highest BCUT2D eigenvalue weighted by Gasteiger charge is 2.18. The Bertz CT molecular complexity index is 468. The first kappa shape index (κ1) is 9.56. The first-order valence-corrected chi connectivity index (χ1v) is 4.86. The number of halogens is 1. The lowest BCUT2D eigenvalue weighted by molar-refractivity contribution is 0.0747. The van der Waals surface area contributed by atoms with E-state index >= 15 is 0 Å². The molecule has 0 saturated carbocycles. The fourth-order valence-electron chi connectivity index (χ4n) is 1.43. The first-order valence-electron chi connectivity index (χ1n) is 4.48. The SMILES string of the molecule is CC(C)(O)c1cc2cc(Cl)ccc2[nH]1. The highest BCUT2D eigenvalue weighted by molar-refractivity contribution is 6.31. The Balaban J connectivity index is 2.63. The predicted molar refractivity (Wildman–Crippen MR) is 58.6 cm³/mol. The summed E-state index contributed by atoms with van der Waals surface area (Å²) in [6.45, 7) is 3.50. The third kappa shape index (κ3) is 1.63. The Kier molecular flexibility index (Phi) is 2.05. The molecule has 0 spiro atoms. The molecule has 14 heavy (non-hydrogen) atoms. The second kappa shape index (κ2) is 3.01. The summed E-state index contributed by atoms with van der Waals surface area (Å²) in [6, 6.07) is 7.53. The van der Waals surface area contributed by atoms with Crippen molar-refractivity contribution in [2.75, 3.05) is 0 Å². The Labute approximate surface area is 87.5 Å². The van der Waals surface area contributed by atoms with Crippen molar-refractivity contribution >= 4 is 22.5 Å². The van der Waals surface area contributed by atoms with Crippen molar-refractivity contribution < 1.29 is 5.11 Å². The van der Waals surface area contributed by atoms with Crippen molar-refractivity contribution in [3.8, 4) is 0 Å². The van der Waals surface area contributed by atoms with Crippen LogP contribution in [0.2, 0.25) is 5.02 Å². The molecule has 0 unspecified atom stereocenters. The average molecular weight is 210 g/mol. The van der Waals surface area contributed by atoms with Gasteiger partial charge in [0, 0.05) is 21.6 Å². The van der Waals surface area contributed by atoms with Gasteiger partial charge in [0.25, 0.3) is 0 Å². The number of hydrogen-bond acceptors (Lipinski definition) is 1. The number of nitrogens with one attached hydrogen (secondary N) is 1. The van der Waals surface area contributed by atoms with Gasteiger partial charge in [-0.25, -0.2) is 0 Å². The third-order valence-electron chi connectivity index (χ3n) is 2.24. The zero-order valence-corrected chi connectivity index (χ0v) is 8.89. The highest BCUT2D eigenvalue weighted by Crippen LogP contribution is 2.25. The minimum Gasteiger partial charge on any atom is -0.384 e. The van der Waals surface area contributed by atoms with Crippen molar-refractivity contribution in [3.05, 3.63) is 35.0 Å². The molecular formula is C11H12ClNO. The fraction of sp³-hybridized carbons (Fsp3) is 0.273. The standard InChI is InChI=1S/C11H12ClNO/c1-11(2,14)10-6-7-5-8(12)3-4-9(7)13-10/h3-6,13-14H,1-2H3. The summed E-state index contributed by atoms with van der Waals surface area (Å²) in [5.41, 5.74) is 0.951. The molecule has 0 saturated heterocycles. The normalized spacial score (nSPS) is 12.3. The smallest absolute Gasteiger partial charge is 0.0987 e. The lowest BCUT2D eigenvalue weighted by Crippen LogP contribution is -2.15. The molecule has 1 heterocycles. The van der Waals surface area contributed by atoms with Crippen LogP contribution < -0.4 is 0 Å². The van der Waals surface area contributed by atoms with Crippen LogP contribution in [0, 0.1) is 0 Å². The number of fused-ring (bicyclic) bond motifs is 1. The van der Waals surface area contributed by atoms with E-state index in [1.807, 2.05) is 24.3 Å². The molecule has 74 valence electrons. The molecule has 1 aromatic carbocycles. The fourth-order valence-corrected chi connectivity index (χ4v) is 1.61. The second-order valence-corrected chi connectivity index (χ2v) is 4.41.